The second-order valence-electron chi connectivity index (χ2n) is 5.06. The lowest BCUT2D eigenvalue weighted by Crippen LogP contribution is -2.36. The molecule has 0 atom stereocenters. The molecule has 0 aliphatic heterocycles. The van der Waals surface area contributed by atoms with Gasteiger partial charge in [-0.15, -0.1) is 0 Å². The van der Waals surface area contributed by atoms with Gasteiger partial charge >= 0.3 is 0 Å². The zero-order valence-corrected chi connectivity index (χ0v) is 13.3. The Kier molecular flexibility index (Phi) is 6.24. The number of hydrogen-bond donors (Lipinski definition) is 1. The van der Waals surface area contributed by atoms with Crippen molar-refractivity contribution in [2.75, 3.05) is 12.8 Å². The lowest BCUT2D eigenvalue weighted by molar-refractivity contribution is 0.494. The Morgan fingerprint density at radius 2 is 1.83 bits per heavy atom. The number of hydrogen-bond acceptors (Lipinski definition) is 2. The minimum Gasteiger partial charge on any atom is -0.311 e. The van der Waals surface area contributed by atoms with E-state index in [2.05, 4.69) is 57.5 Å². The molecular formula is C16H27NS. The lowest BCUT2D eigenvalue weighted by atomic mass is 10.0. The molecule has 0 unspecified atom stereocenters. The van der Waals surface area contributed by atoms with Crippen LogP contribution in [0.5, 0.6) is 0 Å². The van der Waals surface area contributed by atoms with E-state index in [0.717, 1.165) is 13.1 Å². The first kappa shape index (κ1) is 15.6. The highest BCUT2D eigenvalue weighted by atomic mass is 32.2. The Labute approximate surface area is 117 Å². The zero-order chi connectivity index (χ0) is 13.6. The molecule has 18 heavy (non-hydrogen) atoms. The Morgan fingerprint density at radius 1 is 1.17 bits per heavy atom. The third kappa shape index (κ3) is 3.76. The minimum atomic E-state index is 0.401. The molecule has 0 saturated heterocycles. The molecule has 0 saturated carbocycles. The van der Waals surface area contributed by atoms with Crippen molar-refractivity contribution in [1.82, 2.24) is 5.32 Å². The molecule has 0 amide bonds. The van der Waals surface area contributed by atoms with Crippen molar-refractivity contribution in [2.24, 2.45) is 0 Å². The molecule has 1 aromatic carbocycles. The maximum Gasteiger partial charge on any atom is 0.0276 e. The average Bonchev–Trinajstić information content (AvgIpc) is 2.40. The summed E-state index contributed by atoms with van der Waals surface area (Å²) >= 11 is 2.00. The van der Waals surface area contributed by atoms with Gasteiger partial charge in [0.15, 0.2) is 0 Å². The summed E-state index contributed by atoms with van der Waals surface area (Å²) in [5, 5.41) is 3.64. The number of thioether (sulfide) groups is 1. The zero-order valence-electron chi connectivity index (χ0n) is 12.5. The molecule has 0 aliphatic rings. The standard InChI is InChI=1S/C16H27NS/c1-6-16(7-2,18-5)12-17-11-15-10-8-9-13(3)14(15)4/h8-10,17H,6-7,11-12H2,1-5H3. The van der Waals surface area contributed by atoms with Crippen LogP contribution >= 0.6 is 11.8 Å². The molecule has 2 heteroatoms. The van der Waals surface area contributed by atoms with Gasteiger partial charge in [0.25, 0.3) is 0 Å². The highest BCUT2D eigenvalue weighted by Crippen LogP contribution is 2.29. The fraction of sp³-hybridized carbons (Fsp3) is 0.625. The lowest BCUT2D eigenvalue weighted by Gasteiger charge is -2.30. The summed E-state index contributed by atoms with van der Waals surface area (Å²) in [7, 11) is 0. The molecule has 1 aromatic rings. The van der Waals surface area contributed by atoms with Crippen molar-refractivity contribution in [3.05, 3.63) is 34.9 Å². The van der Waals surface area contributed by atoms with Crippen LogP contribution in [0, 0.1) is 13.8 Å². The molecule has 0 spiro atoms. The van der Waals surface area contributed by atoms with Crippen molar-refractivity contribution < 1.29 is 0 Å². The van der Waals surface area contributed by atoms with Crippen molar-refractivity contribution in [3.63, 3.8) is 0 Å². The third-order valence-corrected chi connectivity index (χ3v) is 5.79. The van der Waals surface area contributed by atoms with Gasteiger partial charge in [-0.25, -0.2) is 0 Å². The highest BCUT2D eigenvalue weighted by Gasteiger charge is 2.23. The Balaban J connectivity index is 2.58. The molecule has 0 aromatic heterocycles. The Bertz CT molecular complexity index is 361. The van der Waals surface area contributed by atoms with Crippen LogP contribution in [0.4, 0.5) is 0 Å². The van der Waals surface area contributed by atoms with E-state index in [-0.39, 0.29) is 0 Å². The van der Waals surface area contributed by atoms with Gasteiger partial charge in [0, 0.05) is 17.8 Å². The van der Waals surface area contributed by atoms with Crippen molar-refractivity contribution in [3.8, 4) is 0 Å². The normalized spacial score (nSPS) is 11.8. The fourth-order valence-corrected chi connectivity index (χ4v) is 3.11. The Hall–Kier alpha value is -0.470. The van der Waals surface area contributed by atoms with Gasteiger partial charge in [-0.2, -0.15) is 11.8 Å². The molecule has 1 nitrogen and oxygen atoms in total. The van der Waals surface area contributed by atoms with Crippen LogP contribution in [-0.2, 0) is 6.54 Å². The maximum atomic E-state index is 3.64. The predicted octanol–water partition coefficient (Wildman–Crippen LogP) is 4.31. The molecule has 0 heterocycles. The van der Waals surface area contributed by atoms with Crippen molar-refractivity contribution >= 4 is 11.8 Å². The maximum absolute atomic E-state index is 3.64. The van der Waals surface area contributed by atoms with Gasteiger partial charge in [0.1, 0.15) is 0 Å². The largest absolute Gasteiger partial charge is 0.311 e. The first-order valence-corrected chi connectivity index (χ1v) is 8.12. The average molecular weight is 265 g/mol. The quantitative estimate of drug-likeness (QED) is 0.788. The van der Waals surface area contributed by atoms with E-state index in [1.54, 1.807) is 0 Å². The third-order valence-electron chi connectivity index (χ3n) is 4.20. The summed E-state index contributed by atoms with van der Waals surface area (Å²) < 4.78 is 0.401. The van der Waals surface area contributed by atoms with Crippen LogP contribution in [0.15, 0.2) is 18.2 Å². The van der Waals surface area contributed by atoms with E-state index in [4.69, 9.17) is 0 Å². The summed E-state index contributed by atoms with van der Waals surface area (Å²) in [5.41, 5.74) is 4.24. The van der Waals surface area contributed by atoms with Crippen LogP contribution in [0.2, 0.25) is 0 Å². The van der Waals surface area contributed by atoms with Gasteiger partial charge in [-0.3, -0.25) is 0 Å². The summed E-state index contributed by atoms with van der Waals surface area (Å²) in [6.45, 7) is 11.1. The first-order chi connectivity index (χ1) is 8.58. The molecule has 102 valence electrons. The minimum absolute atomic E-state index is 0.401. The summed E-state index contributed by atoms with van der Waals surface area (Å²) in [6.07, 6.45) is 4.68. The number of rotatable bonds is 7. The molecule has 1 rings (SSSR count). The SMILES string of the molecule is CCC(CC)(CNCc1cccc(C)c1C)SC. The van der Waals surface area contributed by atoms with Gasteiger partial charge in [-0.05, 0) is 49.6 Å². The summed E-state index contributed by atoms with van der Waals surface area (Å²) in [4.78, 5) is 0. The van der Waals surface area contributed by atoms with Crippen molar-refractivity contribution in [2.45, 2.75) is 51.8 Å². The van der Waals surface area contributed by atoms with Crippen LogP contribution in [-0.4, -0.2) is 17.5 Å². The van der Waals surface area contributed by atoms with Gasteiger partial charge in [0.2, 0.25) is 0 Å². The number of benzene rings is 1. The van der Waals surface area contributed by atoms with Crippen LogP contribution in [0.25, 0.3) is 0 Å². The monoisotopic (exact) mass is 265 g/mol. The highest BCUT2D eigenvalue weighted by molar-refractivity contribution is 8.00. The van der Waals surface area contributed by atoms with E-state index in [1.165, 1.54) is 29.5 Å². The molecular weight excluding hydrogens is 238 g/mol. The van der Waals surface area contributed by atoms with Crippen LogP contribution in [0.3, 0.4) is 0 Å². The number of nitrogens with one attached hydrogen (secondary N) is 1. The first-order valence-electron chi connectivity index (χ1n) is 6.89. The van der Waals surface area contributed by atoms with Crippen molar-refractivity contribution in [1.29, 1.82) is 0 Å². The summed E-state index contributed by atoms with van der Waals surface area (Å²) in [6, 6.07) is 6.57. The Morgan fingerprint density at radius 3 is 2.39 bits per heavy atom. The van der Waals surface area contributed by atoms with Gasteiger partial charge in [0.05, 0.1) is 0 Å². The van der Waals surface area contributed by atoms with E-state index >= 15 is 0 Å². The van der Waals surface area contributed by atoms with Gasteiger partial charge in [-0.1, -0.05) is 32.0 Å². The van der Waals surface area contributed by atoms with E-state index in [0.29, 0.717) is 4.75 Å². The molecule has 0 fully saturated rings. The summed E-state index contributed by atoms with van der Waals surface area (Å²) in [5.74, 6) is 0. The molecule has 0 aliphatic carbocycles. The topological polar surface area (TPSA) is 12.0 Å². The number of aryl methyl sites for hydroxylation is 1. The van der Waals surface area contributed by atoms with E-state index in [9.17, 15) is 0 Å². The van der Waals surface area contributed by atoms with Gasteiger partial charge < -0.3 is 5.32 Å². The molecule has 0 bridgehead atoms. The smallest absolute Gasteiger partial charge is 0.0276 e. The fourth-order valence-electron chi connectivity index (χ4n) is 2.29. The van der Waals surface area contributed by atoms with E-state index < -0.39 is 0 Å². The molecule has 0 radical (unpaired) electrons. The second kappa shape index (κ2) is 7.20. The predicted molar refractivity (Wildman–Crippen MR) is 84.5 cm³/mol. The van der Waals surface area contributed by atoms with Crippen LogP contribution < -0.4 is 5.32 Å². The van der Waals surface area contributed by atoms with Crippen LogP contribution in [0.1, 0.15) is 43.4 Å². The molecule has 1 N–H and O–H groups in total. The van der Waals surface area contributed by atoms with E-state index in [1.807, 2.05) is 11.8 Å². The second-order valence-corrected chi connectivity index (χ2v) is 6.33.